The van der Waals surface area contributed by atoms with Crippen LogP contribution in [0.25, 0.3) is 0 Å². The maximum atomic E-state index is 12.2. The number of thiophene rings is 1. The Morgan fingerprint density at radius 1 is 1.00 bits per heavy atom. The summed E-state index contributed by atoms with van der Waals surface area (Å²) in [4.78, 5) is 25.2. The largest absolute Gasteiger partial charge is 0.494 e. The third-order valence-electron chi connectivity index (χ3n) is 3.38. The summed E-state index contributed by atoms with van der Waals surface area (Å²) in [5.74, 6) is 0.531. The lowest BCUT2D eigenvalue weighted by atomic mass is 10.2. The molecule has 0 saturated heterocycles. The molecule has 0 aliphatic rings. The fraction of sp³-hybridized carbons (Fsp3) is 0.368. The Labute approximate surface area is 157 Å². The fourth-order valence-electron chi connectivity index (χ4n) is 2.18. The summed E-state index contributed by atoms with van der Waals surface area (Å²) in [6.45, 7) is 6.36. The summed E-state index contributed by atoms with van der Waals surface area (Å²) in [6, 6.07) is 8.79. The second-order valence-corrected chi connectivity index (χ2v) is 6.41. The van der Waals surface area contributed by atoms with Crippen LogP contribution in [0.15, 0.2) is 30.3 Å². The molecule has 0 spiro atoms. The van der Waals surface area contributed by atoms with Crippen LogP contribution in [0, 0.1) is 0 Å². The van der Waals surface area contributed by atoms with Gasteiger partial charge in [-0.15, -0.1) is 11.3 Å². The molecular weight excluding hydrogens is 354 g/mol. The van der Waals surface area contributed by atoms with E-state index >= 15 is 0 Å². The lowest BCUT2D eigenvalue weighted by Crippen LogP contribution is -2.21. The SMILES string of the molecule is CCOC(=O)c1cc(CC)sc1NC(=O)COc1ccc(OCC)cc1. The second-order valence-electron chi connectivity index (χ2n) is 5.27. The minimum Gasteiger partial charge on any atom is -0.494 e. The molecule has 2 aromatic rings. The topological polar surface area (TPSA) is 73.9 Å². The number of nitrogens with one attached hydrogen (secondary N) is 1. The Morgan fingerprint density at radius 3 is 2.23 bits per heavy atom. The van der Waals surface area contributed by atoms with E-state index in [4.69, 9.17) is 14.2 Å². The maximum absolute atomic E-state index is 12.2. The Bertz CT molecular complexity index is 739. The van der Waals surface area contributed by atoms with E-state index in [1.165, 1.54) is 11.3 Å². The minimum absolute atomic E-state index is 0.157. The third kappa shape index (κ3) is 5.49. The van der Waals surface area contributed by atoms with Crippen LogP contribution >= 0.6 is 11.3 Å². The van der Waals surface area contributed by atoms with Crippen LogP contribution < -0.4 is 14.8 Å². The van der Waals surface area contributed by atoms with Crippen molar-refractivity contribution in [3.63, 3.8) is 0 Å². The molecule has 2 rings (SSSR count). The molecule has 0 radical (unpaired) electrons. The van der Waals surface area contributed by atoms with Crippen LogP contribution in [-0.4, -0.2) is 31.7 Å². The summed E-state index contributed by atoms with van der Waals surface area (Å²) >= 11 is 1.37. The molecule has 26 heavy (non-hydrogen) atoms. The second kappa shape index (κ2) is 9.82. The van der Waals surface area contributed by atoms with Crippen LogP contribution in [0.4, 0.5) is 5.00 Å². The van der Waals surface area contributed by atoms with Gasteiger partial charge >= 0.3 is 5.97 Å². The molecule has 0 bridgehead atoms. The Balaban J connectivity index is 1.96. The van der Waals surface area contributed by atoms with E-state index in [1.54, 1.807) is 37.3 Å². The number of benzene rings is 1. The summed E-state index contributed by atoms with van der Waals surface area (Å²) in [7, 11) is 0. The average molecular weight is 377 g/mol. The van der Waals surface area contributed by atoms with Gasteiger partial charge in [0.15, 0.2) is 6.61 Å². The quantitative estimate of drug-likeness (QED) is 0.671. The van der Waals surface area contributed by atoms with E-state index in [9.17, 15) is 9.59 Å². The van der Waals surface area contributed by atoms with Gasteiger partial charge in [0, 0.05) is 4.88 Å². The first-order valence-electron chi connectivity index (χ1n) is 8.52. The van der Waals surface area contributed by atoms with E-state index in [2.05, 4.69) is 5.32 Å². The molecule has 0 unspecified atom stereocenters. The first-order chi connectivity index (χ1) is 12.6. The van der Waals surface area contributed by atoms with Crippen molar-refractivity contribution in [3.8, 4) is 11.5 Å². The Morgan fingerprint density at radius 2 is 1.65 bits per heavy atom. The molecule has 0 aliphatic heterocycles. The first kappa shape index (κ1) is 19.8. The van der Waals surface area contributed by atoms with Gasteiger partial charge in [0.1, 0.15) is 16.5 Å². The smallest absolute Gasteiger partial charge is 0.341 e. The highest BCUT2D eigenvalue weighted by molar-refractivity contribution is 7.16. The van der Waals surface area contributed by atoms with Gasteiger partial charge in [-0.1, -0.05) is 6.92 Å². The monoisotopic (exact) mass is 377 g/mol. The first-order valence-corrected chi connectivity index (χ1v) is 9.34. The predicted octanol–water partition coefficient (Wildman–Crippen LogP) is 3.90. The van der Waals surface area contributed by atoms with Crippen molar-refractivity contribution in [2.45, 2.75) is 27.2 Å². The van der Waals surface area contributed by atoms with Gasteiger partial charge in [0.2, 0.25) is 0 Å². The number of hydrogen-bond acceptors (Lipinski definition) is 6. The van der Waals surface area contributed by atoms with E-state index in [0.717, 1.165) is 17.0 Å². The Kier molecular flexibility index (Phi) is 7.47. The molecule has 0 aliphatic carbocycles. The van der Waals surface area contributed by atoms with Crippen LogP contribution in [0.3, 0.4) is 0 Å². The molecule has 0 atom stereocenters. The standard InChI is InChI=1S/C19H23NO5S/c1-4-15-11-16(19(22)24-6-3)18(26-15)20-17(21)12-25-14-9-7-13(8-10-14)23-5-2/h7-11H,4-6,12H2,1-3H3,(H,20,21). The molecule has 1 N–H and O–H groups in total. The highest BCUT2D eigenvalue weighted by Gasteiger charge is 2.18. The molecule has 1 amide bonds. The van der Waals surface area contributed by atoms with Gasteiger partial charge in [0.25, 0.3) is 5.91 Å². The number of carbonyl (C=O) groups is 2. The molecule has 140 valence electrons. The van der Waals surface area contributed by atoms with E-state index in [-0.39, 0.29) is 19.1 Å². The molecule has 1 aromatic carbocycles. The van der Waals surface area contributed by atoms with E-state index in [0.29, 0.717) is 22.9 Å². The molecule has 6 nitrogen and oxygen atoms in total. The number of aryl methyl sites for hydroxylation is 1. The molecule has 7 heteroatoms. The summed E-state index contributed by atoms with van der Waals surface area (Å²) in [5, 5.41) is 3.22. The normalized spacial score (nSPS) is 10.3. The van der Waals surface area contributed by atoms with Crippen molar-refractivity contribution >= 4 is 28.2 Å². The van der Waals surface area contributed by atoms with Gasteiger partial charge in [-0.3, -0.25) is 4.79 Å². The molecule has 1 heterocycles. The molecule has 0 saturated carbocycles. The van der Waals surface area contributed by atoms with Crippen LogP contribution in [-0.2, 0) is 16.0 Å². The summed E-state index contributed by atoms with van der Waals surface area (Å²) in [6.07, 6.45) is 0.773. The zero-order valence-corrected chi connectivity index (χ0v) is 16.0. The van der Waals surface area contributed by atoms with Gasteiger partial charge < -0.3 is 19.5 Å². The van der Waals surface area contributed by atoms with Gasteiger partial charge in [-0.25, -0.2) is 4.79 Å². The number of amides is 1. The van der Waals surface area contributed by atoms with Crippen LogP contribution in [0.2, 0.25) is 0 Å². The van der Waals surface area contributed by atoms with E-state index < -0.39 is 5.97 Å². The minimum atomic E-state index is -0.439. The van der Waals surface area contributed by atoms with Crippen molar-refractivity contribution in [3.05, 3.63) is 40.8 Å². The molecular formula is C19H23NO5S. The number of rotatable bonds is 9. The number of esters is 1. The van der Waals surface area contributed by atoms with Crippen LogP contribution in [0.1, 0.15) is 36.0 Å². The van der Waals surface area contributed by atoms with Crippen molar-refractivity contribution in [1.82, 2.24) is 0 Å². The summed E-state index contributed by atoms with van der Waals surface area (Å²) in [5.41, 5.74) is 0.378. The van der Waals surface area contributed by atoms with Crippen molar-refractivity contribution in [2.24, 2.45) is 0 Å². The van der Waals surface area contributed by atoms with Crippen molar-refractivity contribution in [1.29, 1.82) is 0 Å². The Hall–Kier alpha value is -2.54. The summed E-state index contributed by atoms with van der Waals surface area (Å²) < 4.78 is 15.9. The van der Waals surface area contributed by atoms with Gasteiger partial charge in [0.05, 0.1) is 18.8 Å². The van der Waals surface area contributed by atoms with Crippen molar-refractivity contribution < 1.29 is 23.8 Å². The number of ether oxygens (including phenoxy) is 3. The number of hydrogen-bond donors (Lipinski definition) is 1. The van der Waals surface area contributed by atoms with E-state index in [1.807, 2.05) is 13.8 Å². The number of carbonyl (C=O) groups excluding carboxylic acids is 2. The van der Waals surface area contributed by atoms with Crippen molar-refractivity contribution in [2.75, 3.05) is 25.1 Å². The lowest BCUT2D eigenvalue weighted by Gasteiger charge is -2.09. The average Bonchev–Trinajstić information content (AvgIpc) is 3.04. The highest BCUT2D eigenvalue weighted by Crippen LogP contribution is 2.29. The molecule has 0 fully saturated rings. The van der Waals surface area contributed by atoms with Crippen LogP contribution in [0.5, 0.6) is 11.5 Å². The highest BCUT2D eigenvalue weighted by atomic mass is 32.1. The fourth-order valence-corrected chi connectivity index (χ4v) is 3.18. The molecule has 1 aromatic heterocycles. The number of anilines is 1. The zero-order valence-electron chi connectivity index (χ0n) is 15.2. The van der Waals surface area contributed by atoms with Gasteiger partial charge in [-0.2, -0.15) is 0 Å². The third-order valence-corrected chi connectivity index (χ3v) is 4.58. The van der Waals surface area contributed by atoms with Gasteiger partial charge in [-0.05, 0) is 50.6 Å². The predicted molar refractivity (Wildman–Crippen MR) is 101 cm³/mol. The lowest BCUT2D eigenvalue weighted by molar-refractivity contribution is -0.118. The zero-order chi connectivity index (χ0) is 18.9. The maximum Gasteiger partial charge on any atom is 0.341 e.